The lowest BCUT2D eigenvalue weighted by Crippen LogP contribution is -2.49. The number of piperazine rings is 1. The number of thiocarbonyl (C=S) groups is 1. The van der Waals surface area contributed by atoms with E-state index in [-0.39, 0.29) is 5.82 Å². The molecule has 29 heavy (non-hydrogen) atoms. The maximum absolute atomic E-state index is 13.8. The number of hydrogen-bond donors (Lipinski definition) is 1. The quantitative estimate of drug-likeness (QED) is 0.653. The van der Waals surface area contributed by atoms with Gasteiger partial charge in [-0.15, -0.1) is 0 Å². The molecule has 3 heterocycles. The van der Waals surface area contributed by atoms with Crippen LogP contribution in [-0.2, 0) is 13.1 Å². The Morgan fingerprint density at radius 2 is 1.86 bits per heavy atom. The molecule has 1 aliphatic heterocycles. The highest BCUT2D eigenvalue weighted by Crippen LogP contribution is 2.12. The van der Waals surface area contributed by atoms with Crippen molar-refractivity contribution < 1.29 is 4.39 Å². The molecule has 0 atom stereocenters. The molecule has 0 spiro atoms. The standard InChI is InChI=1S/C21H23FN6S/c22-19-6-2-1-5-18(19)16-28-9-7-20(25-28)24-21(29)27-12-10-26(11-13-27)15-17-4-3-8-23-14-17/h1-9,14H,10-13,15-16H2,(H,24,25,29). The van der Waals surface area contributed by atoms with Crippen LogP contribution in [0.4, 0.5) is 10.2 Å². The lowest BCUT2D eigenvalue weighted by Gasteiger charge is -2.36. The summed E-state index contributed by atoms with van der Waals surface area (Å²) in [4.78, 5) is 8.74. The van der Waals surface area contributed by atoms with Crippen molar-refractivity contribution in [3.63, 3.8) is 0 Å². The van der Waals surface area contributed by atoms with E-state index in [9.17, 15) is 4.39 Å². The number of benzene rings is 1. The zero-order chi connectivity index (χ0) is 20.1. The molecule has 4 rings (SSSR count). The molecule has 1 N–H and O–H groups in total. The Balaban J connectivity index is 1.27. The van der Waals surface area contributed by atoms with Crippen molar-refractivity contribution in [2.45, 2.75) is 13.1 Å². The largest absolute Gasteiger partial charge is 0.346 e. The highest BCUT2D eigenvalue weighted by Gasteiger charge is 2.19. The molecule has 6 nitrogen and oxygen atoms in total. The zero-order valence-corrected chi connectivity index (χ0v) is 16.9. The van der Waals surface area contributed by atoms with E-state index in [1.165, 1.54) is 11.6 Å². The Morgan fingerprint density at radius 3 is 2.62 bits per heavy atom. The first-order valence-corrected chi connectivity index (χ1v) is 10.0. The highest BCUT2D eigenvalue weighted by atomic mass is 32.1. The molecular formula is C21H23FN6S. The van der Waals surface area contributed by atoms with Crippen molar-refractivity contribution in [2.75, 3.05) is 31.5 Å². The number of pyridine rings is 1. The van der Waals surface area contributed by atoms with Gasteiger partial charge in [0.05, 0.1) is 6.54 Å². The van der Waals surface area contributed by atoms with Crippen molar-refractivity contribution in [1.29, 1.82) is 0 Å². The van der Waals surface area contributed by atoms with Gasteiger partial charge in [0.1, 0.15) is 5.82 Å². The highest BCUT2D eigenvalue weighted by molar-refractivity contribution is 7.80. The average Bonchev–Trinajstić information content (AvgIpc) is 3.18. The Kier molecular flexibility index (Phi) is 6.12. The van der Waals surface area contributed by atoms with Gasteiger partial charge >= 0.3 is 0 Å². The summed E-state index contributed by atoms with van der Waals surface area (Å²) < 4.78 is 15.5. The Hall–Kier alpha value is -2.84. The van der Waals surface area contributed by atoms with Crippen molar-refractivity contribution in [1.82, 2.24) is 24.6 Å². The summed E-state index contributed by atoms with van der Waals surface area (Å²) in [6.45, 7) is 4.90. The molecule has 1 saturated heterocycles. The third-order valence-corrected chi connectivity index (χ3v) is 5.31. The van der Waals surface area contributed by atoms with Crippen LogP contribution < -0.4 is 5.32 Å². The van der Waals surface area contributed by atoms with Crippen LogP contribution >= 0.6 is 12.2 Å². The third-order valence-electron chi connectivity index (χ3n) is 4.95. The predicted molar refractivity (Wildman–Crippen MR) is 115 cm³/mol. The second-order valence-electron chi connectivity index (χ2n) is 7.04. The van der Waals surface area contributed by atoms with Crippen molar-refractivity contribution in [2.24, 2.45) is 0 Å². The van der Waals surface area contributed by atoms with Crippen LogP contribution in [0.2, 0.25) is 0 Å². The zero-order valence-electron chi connectivity index (χ0n) is 16.0. The first-order valence-electron chi connectivity index (χ1n) is 9.61. The molecule has 1 fully saturated rings. The van der Waals surface area contributed by atoms with Crippen LogP contribution in [0.25, 0.3) is 0 Å². The summed E-state index contributed by atoms with van der Waals surface area (Å²) in [6, 6.07) is 12.7. The van der Waals surface area contributed by atoms with Gasteiger partial charge in [0.2, 0.25) is 0 Å². The molecule has 8 heteroatoms. The monoisotopic (exact) mass is 410 g/mol. The van der Waals surface area contributed by atoms with E-state index in [1.54, 1.807) is 23.0 Å². The summed E-state index contributed by atoms with van der Waals surface area (Å²) in [5.41, 5.74) is 1.83. The van der Waals surface area contributed by atoms with Gasteiger partial charge in [-0.3, -0.25) is 14.6 Å². The Bertz CT molecular complexity index is 953. The molecule has 0 aliphatic carbocycles. The van der Waals surface area contributed by atoms with Crippen molar-refractivity contribution in [3.05, 3.63) is 78.0 Å². The van der Waals surface area contributed by atoms with E-state index in [4.69, 9.17) is 12.2 Å². The van der Waals surface area contributed by atoms with E-state index in [0.29, 0.717) is 23.0 Å². The fourth-order valence-corrected chi connectivity index (χ4v) is 3.65. The second kappa shape index (κ2) is 9.11. The van der Waals surface area contributed by atoms with Crippen molar-refractivity contribution >= 4 is 23.1 Å². The van der Waals surface area contributed by atoms with E-state index in [0.717, 1.165) is 32.7 Å². The first kappa shape index (κ1) is 19.5. The van der Waals surface area contributed by atoms with E-state index in [1.807, 2.05) is 30.6 Å². The lowest BCUT2D eigenvalue weighted by atomic mass is 10.2. The smallest absolute Gasteiger partial charge is 0.174 e. The Labute approximate surface area is 175 Å². The molecule has 0 bridgehead atoms. The number of anilines is 1. The van der Waals surface area contributed by atoms with Crippen LogP contribution in [-0.4, -0.2) is 55.9 Å². The maximum atomic E-state index is 13.8. The predicted octanol–water partition coefficient (Wildman–Crippen LogP) is 2.98. The van der Waals surface area contributed by atoms with E-state index in [2.05, 4.69) is 31.3 Å². The van der Waals surface area contributed by atoms with Gasteiger partial charge in [-0.1, -0.05) is 24.3 Å². The minimum absolute atomic E-state index is 0.225. The normalized spacial score (nSPS) is 14.7. The molecule has 0 radical (unpaired) electrons. The van der Waals surface area contributed by atoms with Crippen molar-refractivity contribution in [3.8, 4) is 0 Å². The van der Waals surface area contributed by atoms with Gasteiger partial charge in [-0.25, -0.2) is 4.39 Å². The molecular weight excluding hydrogens is 387 g/mol. The van der Waals surface area contributed by atoms with Gasteiger partial charge in [0, 0.05) is 62.9 Å². The third kappa shape index (κ3) is 5.16. The molecule has 0 amide bonds. The minimum Gasteiger partial charge on any atom is -0.346 e. The molecule has 1 aromatic carbocycles. The maximum Gasteiger partial charge on any atom is 0.174 e. The number of aromatic nitrogens is 3. The number of hydrogen-bond acceptors (Lipinski definition) is 4. The fourth-order valence-electron chi connectivity index (χ4n) is 3.37. The van der Waals surface area contributed by atoms with Crippen LogP contribution in [0, 0.1) is 5.82 Å². The number of rotatable bonds is 5. The fraction of sp³-hybridized carbons (Fsp3) is 0.286. The molecule has 3 aromatic rings. The minimum atomic E-state index is -0.225. The van der Waals surface area contributed by atoms with Crippen LogP contribution in [0.1, 0.15) is 11.1 Å². The van der Waals surface area contributed by atoms with Gasteiger partial charge in [0.25, 0.3) is 0 Å². The molecule has 1 aliphatic rings. The number of nitrogens with one attached hydrogen (secondary N) is 1. The first-order chi connectivity index (χ1) is 14.2. The van der Waals surface area contributed by atoms with Gasteiger partial charge in [0.15, 0.2) is 10.9 Å². The summed E-state index contributed by atoms with van der Waals surface area (Å²) in [6.07, 6.45) is 5.53. The summed E-state index contributed by atoms with van der Waals surface area (Å²) in [5.74, 6) is 0.446. The summed E-state index contributed by atoms with van der Waals surface area (Å²) in [5, 5.41) is 8.33. The Morgan fingerprint density at radius 1 is 1.03 bits per heavy atom. The van der Waals surface area contributed by atoms with E-state index < -0.39 is 0 Å². The second-order valence-corrected chi connectivity index (χ2v) is 7.43. The number of nitrogens with zero attached hydrogens (tertiary/aromatic N) is 5. The van der Waals surface area contributed by atoms with Crippen LogP contribution in [0.5, 0.6) is 0 Å². The average molecular weight is 411 g/mol. The molecule has 0 saturated carbocycles. The van der Waals surface area contributed by atoms with Gasteiger partial charge in [-0.2, -0.15) is 5.10 Å². The van der Waals surface area contributed by atoms with E-state index >= 15 is 0 Å². The summed E-state index contributed by atoms with van der Waals surface area (Å²) in [7, 11) is 0. The summed E-state index contributed by atoms with van der Waals surface area (Å²) >= 11 is 5.56. The molecule has 2 aromatic heterocycles. The molecule has 0 unspecified atom stereocenters. The SMILES string of the molecule is Fc1ccccc1Cn1ccc(NC(=S)N2CCN(Cc3cccnc3)CC2)n1. The van der Waals surface area contributed by atoms with Gasteiger partial charge in [-0.05, 0) is 29.9 Å². The topological polar surface area (TPSA) is 49.2 Å². The number of halogens is 1. The van der Waals surface area contributed by atoms with Crippen LogP contribution in [0.15, 0.2) is 61.1 Å². The van der Waals surface area contributed by atoms with Crippen LogP contribution in [0.3, 0.4) is 0 Å². The van der Waals surface area contributed by atoms with Gasteiger partial charge < -0.3 is 10.2 Å². The molecule has 150 valence electrons. The lowest BCUT2D eigenvalue weighted by molar-refractivity contribution is 0.177.